The van der Waals surface area contributed by atoms with Crippen LogP contribution in [0.4, 0.5) is 10.1 Å². The van der Waals surface area contributed by atoms with Gasteiger partial charge in [-0.1, -0.05) is 13.8 Å². The van der Waals surface area contributed by atoms with Crippen molar-refractivity contribution in [3.05, 3.63) is 30.1 Å². The molecule has 0 saturated carbocycles. The summed E-state index contributed by atoms with van der Waals surface area (Å²) in [6.45, 7) is 9.84. The van der Waals surface area contributed by atoms with Crippen LogP contribution in [-0.4, -0.2) is 55.0 Å². The van der Waals surface area contributed by atoms with Gasteiger partial charge in [-0.2, -0.15) is 0 Å². The summed E-state index contributed by atoms with van der Waals surface area (Å²) in [6, 6.07) is 5.85. The third-order valence-electron chi connectivity index (χ3n) is 3.58. The molecule has 1 aromatic carbocycles. The lowest BCUT2D eigenvalue weighted by Crippen LogP contribution is -2.49. The monoisotopic (exact) mass is 293 g/mol. The van der Waals surface area contributed by atoms with E-state index in [0.29, 0.717) is 18.2 Å². The van der Waals surface area contributed by atoms with Crippen molar-refractivity contribution < 1.29 is 9.18 Å². The van der Waals surface area contributed by atoms with Gasteiger partial charge in [0.25, 0.3) is 0 Å². The zero-order valence-corrected chi connectivity index (χ0v) is 12.8. The summed E-state index contributed by atoms with van der Waals surface area (Å²) in [5, 5.41) is 2.80. The van der Waals surface area contributed by atoms with Crippen LogP contribution in [0.15, 0.2) is 24.3 Å². The zero-order chi connectivity index (χ0) is 15.2. The second-order valence-electron chi connectivity index (χ2n) is 6.03. The molecule has 2 rings (SSSR count). The van der Waals surface area contributed by atoms with Crippen LogP contribution in [0.5, 0.6) is 0 Å². The molecule has 0 radical (unpaired) electrons. The van der Waals surface area contributed by atoms with E-state index in [1.54, 1.807) is 12.1 Å². The average molecular weight is 293 g/mol. The molecule has 0 aliphatic carbocycles. The molecule has 1 saturated heterocycles. The molecule has 1 heterocycles. The number of piperazine rings is 1. The van der Waals surface area contributed by atoms with Gasteiger partial charge in [-0.25, -0.2) is 4.39 Å². The summed E-state index contributed by atoms with van der Waals surface area (Å²) < 4.78 is 12.8. The average Bonchev–Trinajstić information content (AvgIpc) is 2.43. The fraction of sp³-hybridized carbons (Fsp3) is 0.562. The van der Waals surface area contributed by atoms with Gasteiger partial charge < -0.3 is 10.2 Å². The van der Waals surface area contributed by atoms with Gasteiger partial charge in [-0.05, 0) is 30.2 Å². The van der Waals surface area contributed by atoms with E-state index in [1.807, 2.05) is 0 Å². The third kappa shape index (κ3) is 5.44. The summed E-state index contributed by atoms with van der Waals surface area (Å²) in [7, 11) is 0. The van der Waals surface area contributed by atoms with E-state index in [0.717, 1.165) is 32.7 Å². The van der Waals surface area contributed by atoms with Gasteiger partial charge in [-0.15, -0.1) is 0 Å². The number of benzene rings is 1. The van der Waals surface area contributed by atoms with Gasteiger partial charge >= 0.3 is 0 Å². The number of rotatable bonds is 5. The number of carbonyl (C=O) groups excluding carboxylic acids is 1. The predicted octanol–water partition coefficient (Wildman–Crippen LogP) is 2.04. The molecule has 21 heavy (non-hydrogen) atoms. The van der Waals surface area contributed by atoms with Gasteiger partial charge in [0.05, 0.1) is 6.54 Å². The Morgan fingerprint density at radius 1 is 1.14 bits per heavy atom. The molecule has 1 aromatic rings. The molecule has 1 aliphatic rings. The van der Waals surface area contributed by atoms with Crippen LogP contribution in [0.1, 0.15) is 13.8 Å². The first-order valence-corrected chi connectivity index (χ1v) is 7.53. The van der Waals surface area contributed by atoms with Crippen molar-refractivity contribution in [1.82, 2.24) is 9.80 Å². The molecule has 1 N–H and O–H groups in total. The van der Waals surface area contributed by atoms with Crippen LogP contribution in [-0.2, 0) is 4.79 Å². The first-order valence-electron chi connectivity index (χ1n) is 7.53. The maximum absolute atomic E-state index is 12.8. The molecule has 5 heteroatoms. The second kappa shape index (κ2) is 7.52. The summed E-state index contributed by atoms with van der Waals surface area (Å²) in [4.78, 5) is 16.6. The lowest BCUT2D eigenvalue weighted by atomic mass is 10.2. The number of amides is 1. The minimum atomic E-state index is -0.297. The molecule has 1 amide bonds. The SMILES string of the molecule is CC(C)CN1CCN(CC(=O)Nc2ccc(F)cc2)CC1. The van der Waals surface area contributed by atoms with Crippen molar-refractivity contribution >= 4 is 11.6 Å². The number of anilines is 1. The van der Waals surface area contributed by atoms with Crippen LogP contribution in [0.3, 0.4) is 0 Å². The van der Waals surface area contributed by atoms with Crippen LogP contribution < -0.4 is 5.32 Å². The highest BCUT2D eigenvalue weighted by Crippen LogP contribution is 2.09. The first-order chi connectivity index (χ1) is 10.0. The maximum Gasteiger partial charge on any atom is 0.238 e. The Hall–Kier alpha value is -1.46. The molecule has 0 unspecified atom stereocenters. The van der Waals surface area contributed by atoms with Gasteiger partial charge in [0.2, 0.25) is 5.91 Å². The van der Waals surface area contributed by atoms with Crippen molar-refractivity contribution in [2.45, 2.75) is 13.8 Å². The lowest BCUT2D eigenvalue weighted by Gasteiger charge is -2.35. The molecule has 116 valence electrons. The Labute approximate surface area is 125 Å². The predicted molar refractivity (Wildman–Crippen MR) is 82.7 cm³/mol. The summed E-state index contributed by atoms with van der Waals surface area (Å²) in [6.07, 6.45) is 0. The smallest absolute Gasteiger partial charge is 0.238 e. The van der Waals surface area contributed by atoms with Crippen LogP contribution in [0, 0.1) is 11.7 Å². The minimum Gasteiger partial charge on any atom is -0.325 e. The van der Waals surface area contributed by atoms with Gasteiger partial charge in [0, 0.05) is 38.4 Å². The molecule has 0 spiro atoms. The van der Waals surface area contributed by atoms with Crippen molar-refractivity contribution in [2.75, 3.05) is 44.6 Å². The number of halogens is 1. The quantitative estimate of drug-likeness (QED) is 0.902. The maximum atomic E-state index is 12.8. The number of nitrogens with one attached hydrogen (secondary N) is 1. The normalized spacial score (nSPS) is 17.1. The highest BCUT2D eigenvalue weighted by atomic mass is 19.1. The molecular weight excluding hydrogens is 269 g/mol. The Morgan fingerprint density at radius 3 is 2.29 bits per heavy atom. The highest BCUT2D eigenvalue weighted by Gasteiger charge is 2.19. The highest BCUT2D eigenvalue weighted by molar-refractivity contribution is 5.92. The summed E-state index contributed by atoms with van der Waals surface area (Å²) in [5.74, 6) is 0.339. The summed E-state index contributed by atoms with van der Waals surface area (Å²) in [5.41, 5.74) is 0.639. The Kier molecular flexibility index (Phi) is 5.70. The van der Waals surface area contributed by atoms with Crippen molar-refractivity contribution in [3.8, 4) is 0 Å². The summed E-state index contributed by atoms with van der Waals surface area (Å²) >= 11 is 0. The van der Waals surface area contributed by atoms with E-state index < -0.39 is 0 Å². The van der Waals surface area contributed by atoms with Crippen LogP contribution in [0.2, 0.25) is 0 Å². The molecule has 1 fully saturated rings. The zero-order valence-electron chi connectivity index (χ0n) is 12.8. The molecule has 0 atom stereocenters. The van der Waals surface area contributed by atoms with Gasteiger partial charge in [-0.3, -0.25) is 9.69 Å². The number of hydrogen-bond acceptors (Lipinski definition) is 3. The number of hydrogen-bond donors (Lipinski definition) is 1. The molecule has 0 bridgehead atoms. The van der Waals surface area contributed by atoms with E-state index in [-0.39, 0.29) is 11.7 Å². The number of nitrogens with zero attached hydrogens (tertiary/aromatic N) is 2. The topological polar surface area (TPSA) is 35.6 Å². The number of carbonyl (C=O) groups is 1. The van der Waals surface area contributed by atoms with Crippen molar-refractivity contribution in [2.24, 2.45) is 5.92 Å². The van der Waals surface area contributed by atoms with Crippen molar-refractivity contribution in [3.63, 3.8) is 0 Å². The lowest BCUT2D eigenvalue weighted by molar-refractivity contribution is -0.117. The van der Waals surface area contributed by atoms with E-state index in [4.69, 9.17) is 0 Å². The van der Waals surface area contributed by atoms with E-state index in [9.17, 15) is 9.18 Å². The standard InChI is InChI=1S/C16H24FN3O/c1-13(2)11-19-7-9-20(10-8-19)12-16(21)18-15-5-3-14(17)4-6-15/h3-6,13H,7-12H2,1-2H3,(H,18,21). The largest absolute Gasteiger partial charge is 0.325 e. The van der Waals surface area contributed by atoms with E-state index in [2.05, 4.69) is 29.0 Å². The van der Waals surface area contributed by atoms with Crippen LogP contribution in [0.25, 0.3) is 0 Å². The van der Waals surface area contributed by atoms with Gasteiger partial charge in [0.1, 0.15) is 5.82 Å². The molecular formula is C16H24FN3O. The third-order valence-corrected chi connectivity index (χ3v) is 3.58. The fourth-order valence-corrected chi connectivity index (χ4v) is 2.58. The molecule has 0 aromatic heterocycles. The molecule has 1 aliphatic heterocycles. The fourth-order valence-electron chi connectivity index (χ4n) is 2.58. The van der Waals surface area contributed by atoms with E-state index >= 15 is 0 Å². The van der Waals surface area contributed by atoms with Crippen molar-refractivity contribution in [1.29, 1.82) is 0 Å². The Bertz CT molecular complexity index is 453. The Morgan fingerprint density at radius 2 is 1.71 bits per heavy atom. The second-order valence-corrected chi connectivity index (χ2v) is 6.03. The Balaban J connectivity index is 1.73. The molecule has 4 nitrogen and oxygen atoms in total. The van der Waals surface area contributed by atoms with E-state index in [1.165, 1.54) is 12.1 Å². The first kappa shape index (κ1) is 15.9. The van der Waals surface area contributed by atoms with Crippen LogP contribution >= 0.6 is 0 Å². The minimum absolute atomic E-state index is 0.0427. The van der Waals surface area contributed by atoms with Gasteiger partial charge in [0.15, 0.2) is 0 Å².